The van der Waals surface area contributed by atoms with E-state index in [1.807, 2.05) is 0 Å². The van der Waals surface area contributed by atoms with Crippen molar-refractivity contribution in [3.8, 4) is 6.07 Å². The van der Waals surface area contributed by atoms with Gasteiger partial charge < -0.3 is 15.2 Å². The molecule has 7 nitrogen and oxygen atoms in total. The van der Waals surface area contributed by atoms with Gasteiger partial charge in [-0.25, -0.2) is 14.5 Å². The Bertz CT molecular complexity index is 803. The Morgan fingerprint density at radius 3 is 1.83 bits per heavy atom. The van der Waals surface area contributed by atoms with E-state index in [9.17, 15) is 28.0 Å². The van der Waals surface area contributed by atoms with Crippen molar-refractivity contribution in [1.29, 1.82) is 5.26 Å². The maximum absolute atomic E-state index is 13.3. The number of rotatable bonds is 2. The van der Waals surface area contributed by atoms with Crippen LogP contribution in [0.1, 0.15) is 58.2 Å². The van der Waals surface area contributed by atoms with E-state index in [4.69, 9.17) is 15.2 Å². The fraction of sp³-hybridized carbons (Fsp3) is 0.526. The predicted octanol–water partition coefficient (Wildman–Crippen LogP) is 4.83. The van der Waals surface area contributed by atoms with Crippen LogP contribution in [0.3, 0.4) is 0 Å². The summed E-state index contributed by atoms with van der Waals surface area (Å²) in [7, 11) is 0. The number of nitrogens with zero attached hydrogens (tertiary/aromatic N) is 2. The predicted molar refractivity (Wildman–Crippen MR) is 98.6 cm³/mol. The van der Waals surface area contributed by atoms with Gasteiger partial charge in [0.2, 0.25) is 0 Å². The van der Waals surface area contributed by atoms with Crippen molar-refractivity contribution >= 4 is 17.9 Å². The highest BCUT2D eigenvalue weighted by atomic mass is 19.4. The largest absolute Gasteiger partial charge is 0.443 e. The molecule has 0 unspecified atom stereocenters. The average Bonchev–Trinajstić information content (AvgIpc) is 2.47. The average molecular weight is 415 g/mol. The van der Waals surface area contributed by atoms with Crippen molar-refractivity contribution in [3.63, 3.8) is 0 Å². The summed E-state index contributed by atoms with van der Waals surface area (Å²) in [6, 6.07) is 3.18. The summed E-state index contributed by atoms with van der Waals surface area (Å²) in [5.41, 5.74) is 1.03. The van der Waals surface area contributed by atoms with E-state index in [0.29, 0.717) is 11.0 Å². The van der Waals surface area contributed by atoms with Gasteiger partial charge in [0.05, 0.1) is 17.7 Å². The molecular weight excluding hydrogens is 391 g/mol. The number of hydrogen-bond acceptors (Lipinski definition) is 6. The van der Waals surface area contributed by atoms with Crippen LogP contribution in [-0.4, -0.2) is 28.3 Å². The van der Waals surface area contributed by atoms with E-state index in [-0.39, 0.29) is 11.3 Å². The zero-order valence-corrected chi connectivity index (χ0v) is 17.1. The van der Waals surface area contributed by atoms with Gasteiger partial charge in [0.25, 0.3) is 0 Å². The Morgan fingerprint density at radius 2 is 1.48 bits per heavy atom. The molecule has 0 aromatic heterocycles. The van der Waals surface area contributed by atoms with Crippen LogP contribution >= 0.6 is 0 Å². The molecule has 0 atom stereocenters. The molecule has 0 saturated carbocycles. The van der Waals surface area contributed by atoms with Gasteiger partial charge in [0, 0.05) is 5.69 Å². The molecule has 1 aromatic carbocycles. The minimum Gasteiger partial charge on any atom is -0.443 e. The molecule has 160 valence electrons. The van der Waals surface area contributed by atoms with Crippen LogP contribution in [0.15, 0.2) is 12.1 Å². The normalized spacial score (nSPS) is 12.1. The van der Waals surface area contributed by atoms with Crippen LogP contribution < -0.4 is 5.73 Å². The highest BCUT2D eigenvalue weighted by Gasteiger charge is 2.37. The molecule has 0 bridgehead atoms. The van der Waals surface area contributed by atoms with Crippen molar-refractivity contribution in [3.05, 3.63) is 28.8 Å². The molecule has 1 rings (SSSR count). The highest BCUT2D eigenvalue weighted by Crippen LogP contribution is 2.35. The third-order valence-corrected chi connectivity index (χ3v) is 3.22. The van der Waals surface area contributed by atoms with Gasteiger partial charge in [-0.15, -0.1) is 0 Å². The Balaban J connectivity index is 3.46. The molecule has 0 spiro atoms. The van der Waals surface area contributed by atoms with E-state index in [2.05, 4.69) is 0 Å². The van der Waals surface area contributed by atoms with Gasteiger partial charge in [-0.05, 0) is 59.2 Å². The quantitative estimate of drug-likeness (QED) is 0.694. The second kappa shape index (κ2) is 8.19. The van der Waals surface area contributed by atoms with Gasteiger partial charge >= 0.3 is 18.4 Å². The number of hydrogen-bond donors (Lipinski definition) is 1. The summed E-state index contributed by atoms with van der Waals surface area (Å²) < 4.78 is 50.2. The maximum Gasteiger partial charge on any atom is 0.420 e. The number of alkyl halides is 3. The number of imide groups is 1. The van der Waals surface area contributed by atoms with E-state index in [1.165, 1.54) is 6.07 Å². The molecule has 2 amide bonds. The van der Waals surface area contributed by atoms with Crippen LogP contribution in [0.25, 0.3) is 0 Å². The number of halogens is 3. The fourth-order valence-electron chi connectivity index (χ4n) is 2.22. The van der Waals surface area contributed by atoms with E-state index in [0.717, 1.165) is 6.07 Å². The summed E-state index contributed by atoms with van der Waals surface area (Å²) in [4.78, 5) is 25.5. The molecule has 1 aromatic rings. The first-order valence-corrected chi connectivity index (χ1v) is 8.58. The van der Waals surface area contributed by atoms with Crippen molar-refractivity contribution in [1.82, 2.24) is 4.90 Å². The Labute approximate surface area is 167 Å². The second-order valence-electron chi connectivity index (χ2n) is 8.26. The minimum atomic E-state index is -4.85. The van der Waals surface area contributed by atoms with Crippen molar-refractivity contribution in [2.45, 2.75) is 65.5 Å². The molecule has 29 heavy (non-hydrogen) atoms. The molecule has 2 N–H and O–H groups in total. The van der Waals surface area contributed by atoms with E-state index >= 15 is 0 Å². The van der Waals surface area contributed by atoms with Crippen LogP contribution in [-0.2, 0) is 22.2 Å². The molecule has 0 aliphatic carbocycles. The topological polar surface area (TPSA) is 106 Å². The number of benzene rings is 1. The number of nitrogen functional groups attached to an aromatic ring is 1. The van der Waals surface area contributed by atoms with Crippen LogP contribution in [0.2, 0.25) is 0 Å². The molecule has 0 radical (unpaired) electrons. The van der Waals surface area contributed by atoms with Crippen LogP contribution in [0, 0.1) is 11.3 Å². The second-order valence-corrected chi connectivity index (χ2v) is 8.26. The molecule has 10 heteroatoms. The van der Waals surface area contributed by atoms with Gasteiger partial charge in [-0.3, -0.25) is 0 Å². The first-order valence-electron chi connectivity index (χ1n) is 8.58. The van der Waals surface area contributed by atoms with Gasteiger partial charge in [0.1, 0.15) is 17.3 Å². The number of amides is 2. The monoisotopic (exact) mass is 415 g/mol. The lowest BCUT2D eigenvalue weighted by molar-refractivity contribution is -0.137. The third kappa shape index (κ3) is 7.18. The molecule has 0 aliphatic heterocycles. The van der Waals surface area contributed by atoms with Crippen molar-refractivity contribution in [2.75, 3.05) is 5.73 Å². The zero-order chi connectivity index (χ0) is 22.8. The number of carbonyl (C=O) groups excluding carboxylic acids is 2. The minimum absolute atomic E-state index is 0.267. The number of carbonyl (C=O) groups is 2. The standard InChI is InChI=1S/C19H24F3N3O4/c1-17(2,3)28-15(26)25(16(27)29-18(4,5)6)10-11-7-12(24)8-14(13(11)9-23)19(20,21)22/h7-8H,10,24H2,1-6H3. The summed E-state index contributed by atoms with van der Waals surface area (Å²) in [5, 5.41) is 9.27. The van der Waals surface area contributed by atoms with Crippen molar-refractivity contribution < 1.29 is 32.2 Å². The SMILES string of the molecule is CC(C)(C)OC(=O)N(Cc1cc(N)cc(C(F)(F)F)c1C#N)C(=O)OC(C)(C)C. The lowest BCUT2D eigenvalue weighted by Crippen LogP contribution is -2.43. The smallest absolute Gasteiger partial charge is 0.420 e. The first-order chi connectivity index (χ1) is 12.9. The van der Waals surface area contributed by atoms with E-state index < -0.39 is 47.2 Å². The van der Waals surface area contributed by atoms with Crippen molar-refractivity contribution in [2.24, 2.45) is 0 Å². The lowest BCUT2D eigenvalue weighted by atomic mass is 10.00. The number of anilines is 1. The molecule has 0 aliphatic rings. The molecular formula is C19H24F3N3O4. The van der Waals surface area contributed by atoms with Crippen LogP contribution in [0.4, 0.5) is 28.4 Å². The molecule has 0 fully saturated rings. The number of nitrogens with two attached hydrogens (primary N) is 1. The van der Waals surface area contributed by atoms with Gasteiger partial charge in [-0.2, -0.15) is 18.4 Å². The van der Waals surface area contributed by atoms with E-state index in [1.54, 1.807) is 41.5 Å². The molecule has 0 heterocycles. The Morgan fingerprint density at radius 1 is 1.03 bits per heavy atom. The lowest BCUT2D eigenvalue weighted by Gasteiger charge is -2.29. The summed E-state index contributed by atoms with van der Waals surface area (Å²) >= 11 is 0. The summed E-state index contributed by atoms with van der Waals surface area (Å²) in [6.07, 6.45) is -7.11. The number of ether oxygens (including phenoxy) is 2. The Kier molecular flexibility index (Phi) is 6.80. The van der Waals surface area contributed by atoms with Gasteiger partial charge in [0.15, 0.2) is 0 Å². The first kappa shape index (κ1) is 24.1. The number of nitriles is 1. The summed E-state index contributed by atoms with van der Waals surface area (Å²) in [6.45, 7) is 8.65. The summed E-state index contributed by atoms with van der Waals surface area (Å²) in [5.74, 6) is 0. The van der Waals surface area contributed by atoms with Crippen LogP contribution in [0.5, 0.6) is 0 Å². The highest BCUT2D eigenvalue weighted by molar-refractivity contribution is 5.88. The maximum atomic E-state index is 13.3. The third-order valence-electron chi connectivity index (χ3n) is 3.22. The zero-order valence-electron chi connectivity index (χ0n) is 17.1. The molecule has 0 saturated heterocycles. The van der Waals surface area contributed by atoms with Gasteiger partial charge in [-0.1, -0.05) is 0 Å². The Hall–Kier alpha value is -2.96. The fourth-order valence-corrected chi connectivity index (χ4v) is 2.22.